The number of carbonyl (C=O) groups is 1. The molecule has 1 aromatic heterocycles. The number of aromatic nitrogens is 1. The maximum Gasteiger partial charge on any atom is 0.367 e. The predicted octanol–water partition coefficient (Wildman–Crippen LogP) is 0.411. The largest absolute Gasteiger partial charge is 0.504 e. The standard InChI is InChI=1S/C8H8N2O5/c1-15-7(12)3-5-2-6(11)4-9-8(5)10(13)14/h2,4,11H,3H2,1H3. The van der Waals surface area contributed by atoms with E-state index < -0.39 is 16.7 Å². The van der Waals surface area contributed by atoms with Crippen LogP contribution < -0.4 is 0 Å². The van der Waals surface area contributed by atoms with Crippen LogP contribution in [-0.2, 0) is 16.0 Å². The van der Waals surface area contributed by atoms with E-state index in [0.29, 0.717) is 0 Å². The third kappa shape index (κ3) is 2.63. The Hall–Kier alpha value is -2.18. The third-order valence-electron chi connectivity index (χ3n) is 1.66. The fraction of sp³-hybridized carbons (Fsp3) is 0.250. The van der Waals surface area contributed by atoms with Gasteiger partial charge in [-0.1, -0.05) is 0 Å². The SMILES string of the molecule is COC(=O)Cc1cc(O)cnc1[N+](=O)[O-]. The van der Waals surface area contributed by atoms with Gasteiger partial charge in [0.2, 0.25) is 0 Å². The lowest BCUT2D eigenvalue weighted by atomic mass is 10.2. The van der Waals surface area contributed by atoms with Crippen molar-refractivity contribution in [3.8, 4) is 5.75 Å². The fourth-order valence-corrected chi connectivity index (χ4v) is 1.01. The second-order valence-electron chi connectivity index (χ2n) is 2.69. The summed E-state index contributed by atoms with van der Waals surface area (Å²) in [6, 6.07) is 1.11. The summed E-state index contributed by atoms with van der Waals surface area (Å²) >= 11 is 0. The summed E-state index contributed by atoms with van der Waals surface area (Å²) in [5, 5.41) is 19.6. The fourth-order valence-electron chi connectivity index (χ4n) is 1.01. The highest BCUT2D eigenvalue weighted by molar-refractivity contribution is 5.73. The van der Waals surface area contributed by atoms with Crippen LogP contribution in [0.5, 0.6) is 5.75 Å². The molecule has 7 nitrogen and oxygen atoms in total. The maximum atomic E-state index is 10.9. The molecular formula is C8H8N2O5. The molecule has 0 aromatic carbocycles. The summed E-state index contributed by atoms with van der Waals surface area (Å²) in [6.07, 6.45) is 0.646. The van der Waals surface area contributed by atoms with Gasteiger partial charge in [0, 0.05) is 0 Å². The van der Waals surface area contributed by atoms with Gasteiger partial charge in [0.25, 0.3) is 0 Å². The highest BCUT2D eigenvalue weighted by atomic mass is 16.6. The smallest absolute Gasteiger partial charge is 0.367 e. The average molecular weight is 212 g/mol. The summed E-state index contributed by atoms with van der Waals surface area (Å²) in [5.74, 6) is -1.33. The second-order valence-corrected chi connectivity index (χ2v) is 2.69. The number of carbonyl (C=O) groups excluding carboxylic acids is 1. The number of nitrogens with zero attached hydrogens (tertiary/aromatic N) is 2. The monoisotopic (exact) mass is 212 g/mol. The van der Waals surface area contributed by atoms with Crippen molar-refractivity contribution in [2.24, 2.45) is 0 Å². The number of aromatic hydroxyl groups is 1. The van der Waals surface area contributed by atoms with Crippen molar-refractivity contribution in [1.82, 2.24) is 4.98 Å². The lowest BCUT2D eigenvalue weighted by Gasteiger charge is -2.01. The molecule has 15 heavy (non-hydrogen) atoms. The zero-order valence-electron chi connectivity index (χ0n) is 7.84. The normalized spacial score (nSPS) is 9.67. The quantitative estimate of drug-likeness (QED) is 0.442. The molecule has 0 spiro atoms. The first-order valence-corrected chi connectivity index (χ1v) is 3.93. The third-order valence-corrected chi connectivity index (χ3v) is 1.66. The minimum atomic E-state index is -0.724. The summed E-state index contributed by atoms with van der Waals surface area (Å²) in [5.41, 5.74) is 0.0202. The molecule has 0 unspecified atom stereocenters. The minimum Gasteiger partial charge on any atom is -0.504 e. The van der Waals surface area contributed by atoms with E-state index in [2.05, 4.69) is 9.72 Å². The van der Waals surface area contributed by atoms with Crippen LogP contribution in [0.4, 0.5) is 5.82 Å². The van der Waals surface area contributed by atoms with E-state index in [1.165, 1.54) is 7.11 Å². The number of nitro groups is 1. The van der Waals surface area contributed by atoms with Crippen LogP contribution in [0.25, 0.3) is 0 Å². The van der Waals surface area contributed by atoms with Gasteiger partial charge in [-0.3, -0.25) is 4.79 Å². The first kappa shape index (κ1) is 10.9. The Morgan fingerprint density at radius 1 is 1.73 bits per heavy atom. The van der Waals surface area contributed by atoms with Gasteiger partial charge in [0.1, 0.15) is 0 Å². The molecule has 7 heteroatoms. The molecule has 0 atom stereocenters. The van der Waals surface area contributed by atoms with Crippen LogP contribution in [0.3, 0.4) is 0 Å². The van der Waals surface area contributed by atoms with Crippen molar-refractivity contribution in [2.45, 2.75) is 6.42 Å². The summed E-state index contributed by atoms with van der Waals surface area (Å²) in [4.78, 5) is 24.1. The minimum absolute atomic E-state index is 0.0202. The number of ether oxygens (including phenoxy) is 1. The van der Waals surface area contributed by atoms with Gasteiger partial charge in [-0.2, -0.15) is 0 Å². The number of pyridine rings is 1. The Morgan fingerprint density at radius 3 is 2.93 bits per heavy atom. The van der Waals surface area contributed by atoms with E-state index in [0.717, 1.165) is 12.3 Å². The summed E-state index contributed by atoms with van der Waals surface area (Å²) in [6.45, 7) is 0. The van der Waals surface area contributed by atoms with Gasteiger partial charge < -0.3 is 20.0 Å². The Bertz CT molecular complexity index is 404. The van der Waals surface area contributed by atoms with Crippen molar-refractivity contribution in [3.05, 3.63) is 27.9 Å². The van der Waals surface area contributed by atoms with Crippen LogP contribution >= 0.6 is 0 Å². The summed E-state index contributed by atoms with van der Waals surface area (Å²) in [7, 11) is 1.17. The Labute approximate surface area is 84.5 Å². The van der Waals surface area contributed by atoms with Crippen molar-refractivity contribution in [1.29, 1.82) is 0 Å². The van der Waals surface area contributed by atoms with Crippen molar-refractivity contribution in [3.63, 3.8) is 0 Å². The van der Waals surface area contributed by atoms with Crippen LogP contribution in [-0.4, -0.2) is 28.1 Å². The Balaban J connectivity index is 3.07. The average Bonchev–Trinajstić information content (AvgIpc) is 2.17. The van der Waals surface area contributed by atoms with Crippen molar-refractivity contribution < 1.29 is 19.6 Å². The van der Waals surface area contributed by atoms with E-state index in [1.807, 2.05) is 0 Å². The molecule has 1 aromatic rings. The predicted molar refractivity (Wildman–Crippen MR) is 48.3 cm³/mol. The number of rotatable bonds is 3. The van der Waals surface area contributed by atoms with Gasteiger partial charge >= 0.3 is 11.8 Å². The Morgan fingerprint density at radius 2 is 2.40 bits per heavy atom. The van der Waals surface area contributed by atoms with Gasteiger partial charge in [-0.05, 0) is 16.0 Å². The van der Waals surface area contributed by atoms with Crippen LogP contribution in [0.2, 0.25) is 0 Å². The topological polar surface area (TPSA) is 103 Å². The number of methoxy groups -OCH3 is 1. The number of hydrogen-bond donors (Lipinski definition) is 1. The van der Waals surface area contributed by atoms with Gasteiger partial charge in [-0.15, -0.1) is 0 Å². The molecule has 0 aliphatic heterocycles. The number of hydrogen-bond acceptors (Lipinski definition) is 6. The molecule has 0 aliphatic rings. The van der Waals surface area contributed by atoms with E-state index in [4.69, 9.17) is 5.11 Å². The molecule has 1 rings (SSSR count). The lowest BCUT2D eigenvalue weighted by Crippen LogP contribution is -2.07. The van der Waals surface area contributed by atoms with E-state index in [-0.39, 0.29) is 17.7 Å². The first-order valence-electron chi connectivity index (χ1n) is 3.93. The molecule has 1 heterocycles. The second kappa shape index (κ2) is 4.36. The van der Waals surface area contributed by atoms with Gasteiger partial charge in [-0.25, -0.2) is 0 Å². The lowest BCUT2D eigenvalue weighted by molar-refractivity contribution is -0.390. The molecule has 0 bridgehead atoms. The van der Waals surface area contributed by atoms with Crippen LogP contribution in [0.15, 0.2) is 12.3 Å². The molecular weight excluding hydrogens is 204 g/mol. The van der Waals surface area contributed by atoms with Crippen molar-refractivity contribution >= 4 is 11.8 Å². The molecule has 1 N–H and O–H groups in total. The zero-order valence-corrected chi connectivity index (χ0v) is 7.84. The van der Waals surface area contributed by atoms with E-state index >= 15 is 0 Å². The molecule has 0 amide bonds. The molecule has 0 aliphatic carbocycles. The van der Waals surface area contributed by atoms with Gasteiger partial charge in [0.05, 0.1) is 19.1 Å². The van der Waals surface area contributed by atoms with Crippen molar-refractivity contribution in [2.75, 3.05) is 7.11 Å². The zero-order chi connectivity index (χ0) is 11.4. The molecule has 80 valence electrons. The van der Waals surface area contributed by atoms with E-state index in [9.17, 15) is 14.9 Å². The van der Waals surface area contributed by atoms with Crippen LogP contribution in [0.1, 0.15) is 5.56 Å². The maximum absolute atomic E-state index is 10.9. The summed E-state index contributed by atoms with van der Waals surface area (Å²) < 4.78 is 4.36. The molecule has 0 radical (unpaired) electrons. The molecule has 0 fully saturated rings. The highest BCUT2D eigenvalue weighted by Gasteiger charge is 2.18. The van der Waals surface area contributed by atoms with Gasteiger partial charge in [0.15, 0.2) is 11.9 Å². The van der Waals surface area contributed by atoms with Crippen LogP contribution in [0, 0.1) is 10.1 Å². The first-order chi connectivity index (χ1) is 7.04. The highest BCUT2D eigenvalue weighted by Crippen LogP contribution is 2.20. The molecule has 0 saturated carbocycles. The Kier molecular flexibility index (Phi) is 3.17. The number of esters is 1. The molecule has 0 saturated heterocycles. The van der Waals surface area contributed by atoms with E-state index in [1.54, 1.807) is 0 Å².